The molecule has 1 saturated heterocycles. The quantitative estimate of drug-likeness (QED) is 0.382. The summed E-state index contributed by atoms with van der Waals surface area (Å²) in [4.78, 5) is 11.2. The third-order valence-electron chi connectivity index (χ3n) is 4.72. The lowest BCUT2D eigenvalue weighted by molar-refractivity contribution is 0.0377. The van der Waals surface area contributed by atoms with Gasteiger partial charge in [0.05, 0.1) is 13.2 Å². The summed E-state index contributed by atoms with van der Waals surface area (Å²) in [7, 11) is 0. The third-order valence-corrected chi connectivity index (χ3v) is 4.72. The van der Waals surface area contributed by atoms with Crippen molar-refractivity contribution in [2.24, 2.45) is 10.7 Å². The third kappa shape index (κ3) is 6.31. The van der Waals surface area contributed by atoms with Crippen molar-refractivity contribution in [2.45, 2.75) is 26.2 Å². The highest BCUT2D eigenvalue weighted by molar-refractivity contribution is 5.77. The monoisotopic (exact) mass is 386 g/mol. The molecule has 1 aromatic heterocycles. The Kier molecular flexibility index (Phi) is 7.81. The van der Waals surface area contributed by atoms with Gasteiger partial charge in [0, 0.05) is 44.7 Å². The zero-order valence-electron chi connectivity index (χ0n) is 16.6. The molecule has 0 amide bonds. The van der Waals surface area contributed by atoms with Gasteiger partial charge >= 0.3 is 0 Å². The molecule has 2 heterocycles. The van der Waals surface area contributed by atoms with E-state index in [1.807, 2.05) is 19.1 Å². The fourth-order valence-electron chi connectivity index (χ4n) is 3.04. The number of nitrogens with zero attached hydrogens (tertiary/aromatic N) is 4. The van der Waals surface area contributed by atoms with Crippen molar-refractivity contribution in [1.82, 2.24) is 20.4 Å². The summed E-state index contributed by atoms with van der Waals surface area (Å²) in [6.45, 7) is 8.25. The molecule has 8 nitrogen and oxygen atoms in total. The summed E-state index contributed by atoms with van der Waals surface area (Å²) in [5.74, 6) is 1.80. The molecule has 0 aliphatic carbocycles. The summed E-state index contributed by atoms with van der Waals surface area (Å²) in [6.07, 6.45) is 2.65. The van der Waals surface area contributed by atoms with Crippen LogP contribution in [0, 0.1) is 0 Å². The van der Waals surface area contributed by atoms with Crippen LogP contribution in [0.3, 0.4) is 0 Å². The summed E-state index contributed by atoms with van der Waals surface area (Å²) in [5, 5.41) is 7.11. The lowest BCUT2D eigenvalue weighted by Gasteiger charge is -2.26. The minimum absolute atomic E-state index is 0.511. The maximum absolute atomic E-state index is 5.95. The van der Waals surface area contributed by atoms with Gasteiger partial charge in [-0.15, -0.1) is 0 Å². The van der Waals surface area contributed by atoms with E-state index < -0.39 is 0 Å². The number of aryl methyl sites for hydroxylation is 1. The summed E-state index contributed by atoms with van der Waals surface area (Å²) in [5.41, 5.74) is 8.10. The normalized spacial score (nSPS) is 15.7. The minimum Gasteiger partial charge on any atom is -0.379 e. The van der Waals surface area contributed by atoms with Gasteiger partial charge in [-0.1, -0.05) is 24.2 Å². The molecule has 1 fully saturated rings. The van der Waals surface area contributed by atoms with E-state index in [9.17, 15) is 0 Å². The van der Waals surface area contributed by atoms with Gasteiger partial charge in [-0.25, -0.2) is 0 Å². The fourth-order valence-corrected chi connectivity index (χ4v) is 3.04. The van der Waals surface area contributed by atoms with Crippen molar-refractivity contribution >= 4 is 5.96 Å². The lowest BCUT2D eigenvalue weighted by atomic mass is 10.1. The van der Waals surface area contributed by atoms with E-state index >= 15 is 0 Å². The number of benzene rings is 1. The summed E-state index contributed by atoms with van der Waals surface area (Å²) >= 11 is 0. The van der Waals surface area contributed by atoms with Gasteiger partial charge in [0.2, 0.25) is 0 Å². The molecule has 0 saturated carbocycles. The molecule has 0 bridgehead atoms. The van der Waals surface area contributed by atoms with Crippen LogP contribution in [0.4, 0.5) is 0 Å². The Morgan fingerprint density at radius 2 is 2.04 bits per heavy atom. The van der Waals surface area contributed by atoms with Crippen LogP contribution in [-0.2, 0) is 17.6 Å². The van der Waals surface area contributed by atoms with Gasteiger partial charge < -0.3 is 20.3 Å². The molecule has 0 radical (unpaired) electrons. The van der Waals surface area contributed by atoms with Crippen molar-refractivity contribution in [3.8, 4) is 11.5 Å². The van der Waals surface area contributed by atoms with Gasteiger partial charge in [-0.3, -0.25) is 9.89 Å². The number of ether oxygens (including phenoxy) is 1. The van der Waals surface area contributed by atoms with Crippen LogP contribution in [0.15, 0.2) is 33.8 Å². The van der Waals surface area contributed by atoms with Gasteiger partial charge in [0.15, 0.2) is 11.8 Å². The van der Waals surface area contributed by atoms with E-state index in [1.54, 1.807) is 0 Å². The van der Waals surface area contributed by atoms with Crippen LogP contribution in [-0.4, -0.2) is 66.9 Å². The Morgan fingerprint density at radius 1 is 1.25 bits per heavy atom. The van der Waals surface area contributed by atoms with Crippen molar-refractivity contribution in [3.63, 3.8) is 0 Å². The Bertz CT molecular complexity index is 737. The van der Waals surface area contributed by atoms with Gasteiger partial charge in [-0.05, 0) is 30.5 Å². The van der Waals surface area contributed by atoms with Gasteiger partial charge in [0.1, 0.15) is 0 Å². The van der Waals surface area contributed by atoms with E-state index in [2.05, 4.69) is 37.5 Å². The summed E-state index contributed by atoms with van der Waals surface area (Å²) in [6, 6.07) is 8.15. The molecule has 28 heavy (non-hydrogen) atoms. The minimum atomic E-state index is 0.511. The molecule has 3 rings (SSSR count). The largest absolute Gasteiger partial charge is 0.379 e. The number of nitrogens with two attached hydrogens (primary N) is 1. The zero-order chi connectivity index (χ0) is 19.6. The van der Waals surface area contributed by atoms with E-state index in [0.717, 1.165) is 76.6 Å². The number of hydrogen-bond acceptors (Lipinski definition) is 6. The average molecular weight is 387 g/mol. The maximum atomic E-state index is 5.95. The van der Waals surface area contributed by atoms with Crippen molar-refractivity contribution < 1.29 is 9.26 Å². The first-order valence-corrected chi connectivity index (χ1v) is 10.0. The molecule has 2 aromatic rings. The Labute approximate surface area is 166 Å². The van der Waals surface area contributed by atoms with Gasteiger partial charge in [-0.2, -0.15) is 4.98 Å². The number of aromatic nitrogens is 2. The van der Waals surface area contributed by atoms with Crippen LogP contribution in [0.25, 0.3) is 11.5 Å². The standard InChI is InChI=1S/C20H30N6O2/c1-2-18-24-19(28-25-18)17-6-4-16(5-7-17)8-10-23-20(21)22-9-3-11-26-12-14-27-15-13-26/h4-7H,2-3,8-15H2,1H3,(H3,21,22,23). The predicted octanol–water partition coefficient (Wildman–Crippen LogP) is 1.47. The fraction of sp³-hybridized carbons (Fsp3) is 0.550. The van der Waals surface area contributed by atoms with E-state index in [1.165, 1.54) is 5.56 Å². The molecule has 1 aliphatic rings. The van der Waals surface area contributed by atoms with Crippen LogP contribution >= 0.6 is 0 Å². The number of rotatable bonds is 9. The molecule has 0 unspecified atom stereocenters. The van der Waals surface area contributed by atoms with Crippen molar-refractivity contribution in [3.05, 3.63) is 35.7 Å². The number of morpholine rings is 1. The summed E-state index contributed by atoms with van der Waals surface area (Å²) < 4.78 is 10.6. The van der Waals surface area contributed by atoms with E-state index in [0.29, 0.717) is 11.9 Å². The second-order valence-corrected chi connectivity index (χ2v) is 6.82. The van der Waals surface area contributed by atoms with Crippen LogP contribution in [0.5, 0.6) is 0 Å². The molecular formula is C20H30N6O2. The predicted molar refractivity (Wildman–Crippen MR) is 109 cm³/mol. The van der Waals surface area contributed by atoms with E-state index in [-0.39, 0.29) is 0 Å². The second-order valence-electron chi connectivity index (χ2n) is 6.82. The molecule has 1 aromatic carbocycles. The highest BCUT2D eigenvalue weighted by Crippen LogP contribution is 2.18. The molecular weight excluding hydrogens is 356 g/mol. The van der Waals surface area contributed by atoms with Crippen LogP contribution in [0.1, 0.15) is 24.7 Å². The first-order chi connectivity index (χ1) is 13.7. The first kappa shape index (κ1) is 20.3. The smallest absolute Gasteiger partial charge is 0.257 e. The molecule has 3 N–H and O–H groups in total. The first-order valence-electron chi connectivity index (χ1n) is 10.0. The second kappa shape index (κ2) is 10.8. The Morgan fingerprint density at radius 3 is 2.75 bits per heavy atom. The van der Waals surface area contributed by atoms with Crippen LogP contribution in [0.2, 0.25) is 0 Å². The average Bonchev–Trinajstić information content (AvgIpc) is 3.22. The van der Waals surface area contributed by atoms with Crippen molar-refractivity contribution in [2.75, 3.05) is 45.9 Å². The SMILES string of the molecule is CCc1noc(-c2ccc(CCNC(N)=NCCCN3CCOCC3)cc2)n1. The van der Waals surface area contributed by atoms with Gasteiger partial charge in [0.25, 0.3) is 5.89 Å². The lowest BCUT2D eigenvalue weighted by Crippen LogP contribution is -2.37. The molecule has 152 valence electrons. The van der Waals surface area contributed by atoms with Crippen molar-refractivity contribution in [1.29, 1.82) is 0 Å². The highest BCUT2D eigenvalue weighted by Gasteiger charge is 2.09. The number of hydrogen-bond donors (Lipinski definition) is 2. The maximum Gasteiger partial charge on any atom is 0.257 e. The molecule has 1 aliphatic heterocycles. The Balaban J connectivity index is 1.34. The van der Waals surface area contributed by atoms with E-state index in [4.69, 9.17) is 15.0 Å². The zero-order valence-corrected chi connectivity index (χ0v) is 16.6. The topological polar surface area (TPSA) is 102 Å². The molecule has 0 atom stereocenters. The number of guanidine groups is 1. The molecule has 8 heteroatoms. The highest BCUT2D eigenvalue weighted by atomic mass is 16.5. The number of nitrogens with one attached hydrogen (secondary N) is 1. The van der Waals surface area contributed by atoms with Crippen LogP contribution < -0.4 is 11.1 Å². The number of aliphatic imine (C=N–C) groups is 1. The molecule has 0 spiro atoms. The Hall–Kier alpha value is -2.45.